The summed E-state index contributed by atoms with van der Waals surface area (Å²) in [5.74, 6) is 1.26. The Morgan fingerprint density at radius 3 is 3.00 bits per heavy atom. The van der Waals surface area contributed by atoms with Crippen LogP contribution in [-0.2, 0) is 19.4 Å². The topological polar surface area (TPSA) is 29.9 Å². The van der Waals surface area contributed by atoms with E-state index >= 15 is 0 Å². The highest BCUT2D eigenvalue weighted by molar-refractivity contribution is 5.52. The fourth-order valence-corrected chi connectivity index (χ4v) is 1.83. The van der Waals surface area contributed by atoms with Gasteiger partial charge in [-0.3, -0.25) is 0 Å². The first-order valence-corrected chi connectivity index (χ1v) is 4.69. The molecule has 1 aromatic rings. The fourth-order valence-electron chi connectivity index (χ4n) is 1.83. The minimum Gasteiger partial charge on any atom is -0.370 e. The molecule has 12 heavy (non-hydrogen) atoms. The largest absolute Gasteiger partial charge is 0.370 e. The van der Waals surface area contributed by atoms with E-state index in [9.17, 15) is 0 Å². The van der Waals surface area contributed by atoms with Gasteiger partial charge in [0.1, 0.15) is 5.82 Å². The lowest BCUT2D eigenvalue weighted by molar-refractivity contribution is 0.653. The summed E-state index contributed by atoms with van der Waals surface area (Å²) in [6.45, 7) is 6.35. The molecule has 0 fully saturated rings. The number of nitrogens with zero attached hydrogens (tertiary/aromatic N) is 2. The van der Waals surface area contributed by atoms with Gasteiger partial charge in [-0.05, 0) is 19.8 Å². The number of hydrogen-bond donors (Lipinski definition) is 1. The molecular formula is C9H15N3. The Bertz CT molecular complexity index is 262. The summed E-state index contributed by atoms with van der Waals surface area (Å²) in [4.78, 5) is 0. The first-order chi connectivity index (χ1) is 5.86. The Hall–Kier alpha value is -0.990. The summed E-state index contributed by atoms with van der Waals surface area (Å²) in [5, 5.41) is 7.90. The van der Waals surface area contributed by atoms with Crippen LogP contribution in [0.4, 0.5) is 5.82 Å². The number of rotatable bonds is 2. The van der Waals surface area contributed by atoms with Crippen LogP contribution < -0.4 is 5.32 Å². The maximum atomic E-state index is 4.52. The molecule has 0 saturated carbocycles. The van der Waals surface area contributed by atoms with Gasteiger partial charge in [0.15, 0.2) is 0 Å². The molecule has 3 nitrogen and oxygen atoms in total. The lowest BCUT2D eigenvalue weighted by Crippen LogP contribution is -2.04. The van der Waals surface area contributed by atoms with Crippen molar-refractivity contribution in [3.8, 4) is 0 Å². The monoisotopic (exact) mass is 165 g/mol. The van der Waals surface area contributed by atoms with E-state index in [1.165, 1.54) is 17.1 Å². The highest BCUT2D eigenvalue weighted by Crippen LogP contribution is 2.25. The highest BCUT2D eigenvalue weighted by atomic mass is 15.3. The van der Waals surface area contributed by atoms with E-state index in [0.29, 0.717) is 0 Å². The van der Waals surface area contributed by atoms with Gasteiger partial charge >= 0.3 is 0 Å². The van der Waals surface area contributed by atoms with E-state index in [1.54, 1.807) is 0 Å². The number of aromatic nitrogens is 2. The summed E-state index contributed by atoms with van der Waals surface area (Å²) >= 11 is 0. The molecule has 0 radical (unpaired) electrons. The Labute approximate surface area is 72.8 Å². The van der Waals surface area contributed by atoms with Crippen LogP contribution >= 0.6 is 0 Å². The SMILES string of the molecule is CCc1nn(CC)c2c1CCN2. The smallest absolute Gasteiger partial charge is 0.127 e. The number of fused-ring (bicyclic) bond motifs is 1. The quantitative estimate of drug-likeness (QED) is 0.718. The third-order valence-electron chi connectivity index (χ3n) is 2.44. The van der Waals surface area contributed by atoms with Gasteiger partial charge in [0.2, 0.25) is 0 Å². The van der Waals surface area contributed by atoms with Crippen LogP contribution in [0, 0.1) is 0 Å². The minimum absolute atomic E-state index is 0.968. The van der Waals surface area contributed by atoms with E-state index in [4.69, 9.17) is 0 Å². The molecule has 0 bridgehead atoms. The van der Waals surface area contributed by atoms with Crippen LogP contribution in [0.1, 0.15) is 25.1 Å². The van der Waals surface area contributed by atoms with Gasteiger partial charge in [-0.25, -0.2) is 4.68 Å². The average Bonchev–Trinajstić information content (AvgIpc) is 2.63. The molecule has 1 aliphatic heterocycles. The van der Waals surface area contributed by atoms with Crippen LogP contribution in [0.2, 0.25) is 0 Å². The van der Waals surface area contributed by atoms with Crippen LogP contribution in [-0.4, -0.2) is 16.3 Å². The zero-order valence-corrected chi connectivity index (χ0v) is 7.72. The average molecular weight is 165 g/mol. The molecule has 0 aromatic carbocycles. The molecule has 0 aliphatic carbocycles. The summed E-state index contributed by atoms with van der Waals surface area (Å²) in [7, 11) is 0. The van der Waals surface area contributed by atoms with Gasteiger partial charge in [0.05, 0.1) is 5.69 Å². The number of aryl methyl sites for hydroxylation is 2. The second-order valence-electron chi connectivity index (χ2n) is 3.12. The van der Waals surface area contributed by atoms with Gasteiger partial charge in [0, 0.05) is 18.7 Å². The van der Waals surface area contributed by atoms with Gasteiger partial charge in [-0.15, -0.1) is 0 Å². The van der Waals surface area contributed by atoms with Crippen molar-refractivity contribution in [3.63, 3.8) is 0 Å². The van der Waals surface area contributed by atoms with Crippen molar-refractivity contribution in [2.45, 2.75) is 33.2 Å². The second-order valence-corrected chi connectivity index (χ2v) is 3.12. The van der Waals surface area contributed by atoms with Gasteiger partial charge in [0.25, 0.3) is 0 Å². The van der Waals surface area contributed by atoms with Gasteiger partial charge in [-0.1, -0.05) is 6.92 Å². The maximum Gasteiger partial charge on any atom is 0.127 e. The first kappa shape index (κ1) is 7.65. The summed E-state index contributed by atoms with van der Waals surface area (Å²) in [6.07, 6.45) is 2.20. The van der Waals surface area contributed by atoms with Crippen LogP contribution in [0.5, 0.6) is 0 Å². The molecule has 1 N–H and O–H groups in total. The summed E-state index contributed by atoms with van der Waals surface area (Å²) in [5.41, 5.74) is 2.72. The Kier molecular flexibility index (Phi) is 1.79. The second kappa shape index (κ2) is 2.81. The summed E-state index contributed by atoms with van der Waals surface area (Å²) < 4.78 is 2.07. The van der Waals surface area contributed by atoms with E-state index < -0.39 is 0 Å². The van der Waals surface area contributed by atoms with Crippen molar-refractivity contribution in [3.05, 3.63) is 11.3 Å². The van der Waals surface area contributed by atoms with Crippen molar-refractivity contribution in [1.82, 2.24) is 9.78 Å². The molecule has 0 spiro atoms. The molecule has 0 unspecified atom stereocenters. The molecule has 2 rings (SSSR count). The van der Waals surface area contributed by atoms with E-state index in [-0.39, 0.29) is 0 Å². The Morgan fingerprint density at radius 2 is 2.33 bits per heavy atom. The third-order valence-corrected chi connectivity index (χ3v) is 2.44. The van der Waals surface area contributed by atoms with Crippen molar-refractivity contribution >= 4 is 5.82 Å². The molecular weight excluding hydrogens is 150 g/mol. The van der Waals surface area contributed by atoms with E-state index in [0.717, 1.165) is 25.9 Å². The van der Waals surface area contributed by atoms with Crippen molar-refractivity contribution in [1.29, 1.82) is 0 Å². The van der Waals surface area contributed by atoms with Crippen molar-refractivity contribution < 1.29 is 0 Å². The summed E-state index contributed by atoms with van der Waals surface area (Å²) in [6, 6.07) is 0. The Balaban J connectivity index is 2.47. The van der Waals surface area contributed by atoms with Crippen molar-refractivity contribution in [2.75, 3.05) is 11.9 Å². The van der Waals surface area contributed by atoms with Crippen LogP contribution in [0.25, 0.3) is 0 Å². The molecule has 0 atom stereocenters. The molecule has 1 aromatic heterocycles. The molecule has 0 saturated heterocycles. The zero-order valence-electron chi connectivity index (χ0n) is 7.72. The van der Waals surface area contributed by atoms with Crippen LogP contribution in [0.15, 0.2) is 0 Å². The number of nitrogens with one attached hydrogen (secondary N) is 1. The predicted octanol–water partition coefficient (Wildman–Crippen LogP) is 1.43. The van der Waals surface area contributed by atoms with Gasteiger partial charge in [-0.2, -0.15) is 5.10 Å². The zero-order chi connectivity index (χ0) is 8.55. The lowest BCUT2D eigenvalue weighted by Gasteiger charge is -2.00. The lowest BCUT2D eigenvalue weighted by atomic mass is 10.2. The molecule has 66 valence electrons. The number of hydrogen-bond acceptors (Lipinski definition) is 2. The Morgan fingerprint density at radius 1 is 1.50 bits per heavy atom. The fraction of sp³-hybridized carbons (Fsp3) is 0.667. The van der Waals surface area contributed by atoms with E-state index in [2.05, 4.69) is 28.9 Å². The molecule has 2 heterocycles. The van der Waals surface area contributed by atoms with Crippen molar-refractivity contribution in [2.24, 2.45) is 0 Å². The molecule has 0 amide bonds. The van der Waals surface area contributed by atoms with E-state index in [1.807, 2.05) is 0 Å². The van der Waals surface area contributed by atoms with Gasteiger partial charge < -0.3 is 5.32 Å². The predicted molar refractivity (Wildman–Crippen MR) is 49.5 cm³/mol. The first-order valence-electron chi connectivity index (χ1n) is 4.69. The third kappa shape index (κ3) is 0.924. The minimum atomic E-state index is 0.968. The molecule has 1 aliphatic rings. The normalized spacial score (nSPS) is 14.5. The standard InChI is InChI=1S/C9H15N3/c1-3-8-7-5-6-10-9(7)12(4-2)11-8/h10H,3-6H2,1-2H3. The van der Waals surface area contributed by atoms with Crippen LogP contribution in [0.3, 0.4) is 0 Å². The highest BCUT2D eigenvalue weighted by Gasteiger charge is 2.19. The molecule has 3 heteroatoms. The maximum absolute atomic E-state index is 4.52. The number of anilines is 1.